The average molecular weight is 311 g/mol. The van der Waals surface area contributed by atoms with Gasteiger partial charge < -0.3 is 15.2 Å². The minimum Gasteiger partial charge on any atom is -0.498 e. The molecule has 0 radical (unpaired) electrons. The van der Waals surface area contributed by atoms with E-state index >= 15 is 0 Å². The van der Waals surface area contributed by atoms with E-state index < -0.39 is 0 Å². The fourth-order valence-corrected chi connectivity index (χ4v) is 2.33. The molecule has 0 heterocycles. The van der Waals surface area contributed by atoms with Gasteiger partial charge in [0.2, 0.25) is 0 Å². The predicted octanol–water partition coefficient (Wildman–Crippen LogP) is 4.30. The molecular weight excluding hydrogens is 286 g/mol. The minimum absolute atomic E-state index is 0.578. The van der Waals surface area contributed by atoms with Gasteiger partial charge in [0.15, 0.2) is 0 Å². The van der Waals surface area contributed by atoms with Crippen LogP contribution in [0.2, 0.25) is 0 Å². The third kappa shape index (κ3) is 5.80. The summed E-state index contributed by atoms with van der Waals surface area (Å²) in [6.07, 6.45) is 2.78. The highest BCUT2D eigenvalue weighted by Gasteiger charge is 2.00. The number of nitrogens with two attached hydrogens (primary N) is 1. The van der Waals surface area contributed by atoms with Gasteiger partial charge in [0, 0.05) is 6.42 Å². The molecule has 0 amide bonds. The fraction of sp³-hybridized carbons (Fsp3) is 0.300. The van der Waals surface area contributed by atoms with Crippen LogP contribution in [0.5, 0.6) is 5.75 Å². The summed E-state index contributed by atoms with van der Waals surface area (Å²) >= 11 is 0. The number of benzene rings is 2. The Hall–Kier alpha value is -2.26. The van der Waals surface area contributed by atoms with Crippen molar-refractivity contribution in [2.24, 2.45) is 5.73 Å². The van der Waals surface area contributed by atoms with Crippen molar-refractivity contribution >= 4 is 6.08 Å². The van der Waals surface area contributed by atoms with Crippen LogP contribution in [0.4, 0.5) is 0 Å². The van der Waals surface area contributed by atoms with Crippen LogP contribution < -0.4 is 10.5 Å². The highest BCUT2D eigenvalue weighted by Crippen LogP contribution is 2.17. The number of aryl methyl sites for hydroxylation is 1. The van der Waals surface area contributed by atoms with E-state index in [0.29, 0.717) is 19.8 Å². The summed E-state index contributed by atoms with van der Waals surface area (Å²) in [5.41, 5.74) is 9.11. The lowest BCUT2D eigenvalue weighted by molar-refractivity contribution is 0.223. The van der Waals surface area contributed by atoms with E-state index in [1.807, 2.05) is 37.3 Å². The highest BCUT2D eigenvalue weighted by molar-refractivity contribution is 5.52. The summed E-state index contributed by atoms with van der Waals surface area (Å²) in [6.45, 7) is 5.88. The van der Waals surface area contributed by atoms with Crippen molar-refractivity contribution in [3.63, 3.8) is 0 Å². The van der Waals surface area contributed by atoms with Gasteiger partial charge in [-0.25, -0.2) is 0 Å². The van der Waals surface area contributed by atoms with Crippen molar-refractivity contribution in [3.8, 4) is 5.75 Å². The van der Waals surface area contributed by atoms with Gasteiger partial charge in [0.05, 0.1) is 12.4 Å². The zero-order valence-electron chi connectivity index (χ0n) is 13.9. The van der Waals surface area contributed by atoms with Crippen LogP contribution in [0.25, 0.3) is 6.08 Å². The molecule has 0 aromatic heterocycles. The van der Waals surface area contributed by atoms with Gasteiger partial charge >= 0.3 is 0 Å². The first-order chi connectivity index (χ1) is 11.2. The van der Waals surface area contributed by atoms with Crippen LogP contribution >= 0.6 is 0 Å². The largest absolute Gasteiger partial charge is 0.498 e. The van der Waals surface area contributed by atoms with E-state index in [1.54, 1.807) is 0 Å². The lowest BCUT2D eigenvalue weighted by Crippen LogP contribution is -2.02. The number of rotatable bonds is 8. The van der Waals surface area contributed by atoms with Gasteiger partial charge in [0.25, 0.3) is 0 Å². The first kappa shape index (κ1) is 17.1. The predicted molar refractivity (Wildman–Crippen MR) is 95.2 cm³/mol. The topological polar surface area (TPSA) is 44.5 Å². The molecular formula is C20H25NO2. The molecule has 2 rings (SSSR count). The molecule has 0 saturated heterocycles. The van der Waals surface area contributed by atoms with Gasteiger partial charge in [-0.1, -0.05) is 42.0 Å². The molecule has 122 valence electrons. The smallest absolute Gasteiger partial charge is 0.119 e. The van der Waals surface area contributed by atoms with E-state index in [9.17, 15) is 0 Å². The van der Waals surface area contributed by atoms with Crippen molar-refractivity contribution in [3.05, 3.63) is 71.0 Å². The van der Waals surface area contributed by atoms with Crippen molar-refractivity contribution < 1.29 is 9.47 Å². The Kier molecular flexibility index (Phi) is 6.70. The van der Waals surface area contributed by atoms with E-state index in [1.165, 1.54) is 11.1 Å². The molecule has 0 spiro atoms. The summed E-state index contributed by atoms with van der Waals surface area (Å²) in [5, 5.41) is 0. The first-order valence-electron chi connectivity index (χ1n) is 8.03. The quantitative estimate of drug-likeness (QED) is 0.739. The Morgan fingerprint density at radius 2 is 1.91 bits per heavy atom. The summed E-state index contributed by atoms with van der Waals surface area (Å²) in [4.78, 5) is 0. The maximum Gasteiger partial charge on any atom is 0.119 e. The number of ether oxygens (including phenoxy) is 2. The normalized spacial score (nSPS) is 11.3. The summed E-state index contributed by atoms with van der Waals surface area (Å²) in [7, 11) is 0. The molecule has 2 N–H and O–H groups in total. The van der Waals surface area contributed by atoms with Crippen LogP contribution in [0.1, 0.15) is 30.0 Å². The molecule has 3 heteroatoms. The van der Waals surface area contributed by atoms with Crippen molar-refractivity contribution in [1.29, 1.82) is 0 Å². The summed E-state index contributed by atoms with van der Waals surface area (Å²) in [6, 6.07) is 16.4. The van der Waals surface area contributed by atoms with Crippen LogP contribution in [0.15, 0.2) is 54.3 Å². The second kappa shape index (κ2) is 9.01. The van der Waals surface area contributed by atoms with E-state index in [0.717, 1.165) is 23.5 Å². The molecule has 0 aliphatic rings. The zero-order valence-corrected chi connectivity index (χ0v) is 13.9. The first-order valence-corrected chi connectivity index (χ1v) is 8.03. The lowest BCUT2D eigenvalue weighted by Gasteiger charge is -2.09. The monoisotopic (exact) mass is 311 g/mol. The van der Waals surface area contributed by atoms with Gasteiger partial charge in [-0.15, -0.1) is 0 Å². The number of hydrogen-bond donors (Lipinski definition) is 1. The molecule has 0 atom stereocenters. The van der Waals surface area contributed by atoms with Gasteiger partial charge in [-0.2, -0.15) is 0 Å². The molecule has 0 aliphatic heterocycles. The third-order valence-electron chi connectivity index (χ3n) is 3.42. The Bertz CT molecular complexity index is 624. The number of hydrogen-bond acceptors (Lipinski definition) is 3. The Labute approximate surface area is 138 Å². The summed E-state index contributed by atoms with van der Waals surface area (Å²) in [5.74, 6) is 1.78. The molecule has 2 aromatic rings. The average Bonchev–Trinajstić information content (AvgIpc) is 2.55. The second-order valence-electron chi connectivity index (χ2n) is 5.43. The zero-order chi connectivity index (χ0) is 16.5. The van der Waals surface area contributed by atoms with Crippen LogP contribution in [0, 0.1) is 6.92 Å². The van der Waals surface area contributed by atoms with E-state index in [2.05, 4.69) is 31.2 Å². The molecule has 2 aromatic carbocycles. The van der Waals surface area contributed by atoms with Crippen LogP contribution in [0.3, 0.4) is 0 Å². The van der Waals surface area contributed by atoms with Crippen molar-refractivity contribution in [2.75, 3.05) is 13.2 Å². The highest BCUT2D eigenvalue weighted by atomic mass is 16.5. The minimum atomic E-state index is 0.578. The lowest BCUT2D eigenvalue weighted by atomic mass is 10.1. The van der Waals surface area contributed by atoms with E-state index in [4.69, 9.17) is 15.2 Å². The maximum absolute atomic E-state index is 5.83. The molecule has 3 nitrogen and oxygen atoms in total. The van der Waals surface area contributed by atoms with Gasteiger partial charge in [-0.05, 0) is 49.7 Å². The van der Waals surface area contributed by atoms with Crippen LogP contribution in [-0.2, 0) is 11.3 Å². The van der Waals surface area contributed by atoms with Crippen molar-refractivity contribution in [2.45, 2.75) is 26.9 Å². The summed E-state index contributed by atoms with van der Waals surface area (Å²) < 4.78 is 11.4. The Balaban J connectivity index is 1.97. The fourth-order valence-electron chi connectivity index (χ4n) is 2.33. The molecule has 0 saturated carbocycles. The van der Waals surface area contributed by atoms with Crippen LogP contribution in [-0.4, -0.2) is 13.2 Å². The van der Waals surface area contributed by atoms with E-state index in [-0.39, 0.29) is 0 Å². The second-order valence-corrected chi connectivity index (χ2v) is 5.43. The molecule has 0 aliphatic carbocycles. The Morgan fingerprint density at radius 1 is 1.13 bits per heavy atom. The van der Waals surface area contributed by atoms with Gasteiger partial charge in [0.1, 0.15) is 12.4 Å². The Morgan fingerprint density at radius 3 is 2.57 bits per heavy atom. The molecule has 23 heavy (non-hydrogen) atoms. The van der Waals surface area contributed by atoms with Crippen molar-refractivity contribution in [1.82, 2.24) is 0 Å². The maximum atomic E-state index is 5.83. The SMILES string of the molecule is CCOC(=Cc1ccc(OCc2cccc(C)c2)cc1)CCN. The molecule has 0 fully saturated rings. The standard InChI is InChI=1S/C20H25NO2/c1-3-22-20(11-12-21)14-17-7-9-19(10-8-17)23-15-18-6-4-5-16(2)13-18/h4-10,13-14H,3,11-12,15,21H2,1-2H3. The third-order valence-corrected chi connectivity index (χ3v) is 3.42. The van der Waals surface area contributed by atoms with Gasteiger partial charge in [-0.3, -0.25) is 0 Å². The molecule has 0 bridgehead atoms. The molecule has 0 unspecified atom stereocenters.